The summed E-state index contributed by atoms with van der Waals surface area (Å²) in [5.41, 5.74) is 7.46. The number of hydrogen-bond acceptors (Lipinski definition) is 6. The zero-order valence-corrected chi connectivity index (χ0v) is 45.2. The van der Waals surface area contributed by atoms with Gasteiger partial charge in [-0.05, 0) is 195 Å². The summed E-state index contributed by atoms with van der Waals surface area (Å²) < 4.78 is 0.676. The second kappa shape index (κ2) is 23.1. The van der Waals surface area contributed by atoms with E-state index in [1.165, 1.54) is 70.6 Å². The van der Waals surface area contributed by atoms with Crippen LogP contribution in [-0.2, 0) is 0 Å². The second-order valence-electron chi connectivity index (χ2n) is 24.7. The van der Waals surface area contributed by atoms with E-state index in [2.05, 4.69) is 132 Å². The molecule has 7 N–H and O–H groups in total. The van der Waals surface area contributed by atoms with Crippen LogP contribution in [0.5, 0.6) is 0 Å². The highest BCUT2D eigenvalue weighted by molar-refractivity contribution is 7.71. The van der Waals surface area contributed by atoms with Crippen molar-refractivity contribution in [1.82, 2.24) is 9.97 Å². The fraction of sp³-hybridized carbons (Fsp3) is 0.694. The molecule has 8 aliphatic rings. The van der Waals surface area contributed by atoms with Gasteiger partial charge in [0.1, 0.15) is 0 Å². The van der Waals surface area contributed by atoms with Crippen molar-refractivity contribution in [2.24, 2.45) is 63.6 Å². The van der Waals surface area contributed by atoms with E-state index >= 15 is 0 Å². The van der Waals surface area contributed by atoms with Crippen LogP contribution in [0, 0.1) is 68.4 Å². The Morgan fingerprint density at radius 3 is 1.49 bits per heavy atom. The highest BCUT2D eigenvalue weighted by Gasteiger charge is 2.52. The first-order valence-electron chi connectivity index (χ1n) is 27.9. The lowest BCUT2D eigenvalue weighted by molar-refractivity contribution is 0.0124. The number of nitrogens with one attached hydrogen (secondary N) is 2. The summed E-state index contributed by atoms with van der Waals surface area (Å²) >= 11 is 4.63. The summed E-state index contributed by atoms with van der Waals surface area (Å²) in [5.74, 6) is 4.88. The number of aromatic amines is 2. The first-order chi connectivity index (χ1) is 33.2. The quantitative estimate of drug-likeness (QED) is 0.0923. The third-order valence-electron chi connectivity index (χ3n) is 20.1. The first kappa shape index (κ1) is 54.9. The largest absolute Gasteiger partial charge is 0.393 e. The van der Waals surface area contributed by atoms with Crippen molar-refractivity contribution < 1.29 is 25.5 Å². The van der Waals surface area contributed by atoms with Gasteiger partial charge in [-0.25, -0.2) is 0 Å². The molecule has 388 valence electrons. The Kier molecular flexibility index (Phi) is 18.2. The summed E-state index contributed by atoms with van der Waals surface area (Å²) in [6.45, 7) is 25.0. The van der Waals surface area contributed by atoms with E-state index in [0.29, 0.717) is 76.3 Å². The number of aliphatic hydroxyl groups is 5. The smallest absolute Gasteiger partial charge is 0.174 e. The zero-order valence-electron chi connectivity index (χ0n) is 44.4. The summed E-state index contributed by atoms with van der Waals surface area (Å²) in [7, 11) is 0. The summed E-state index contributed by atoms with van der Waals surface area (Å²) in [4.78, 5) is 5.52. The van der Waals surface area contributed by atoms with Gasteiger partial charge >= 0.3 is 0 Å². The Morgan fingerprint density at radius 1 is 0.614 bits per heavy atom. The van der Waals surface area contributed by atoms with Crippen molar-refractivity contribution in [1.29, 1.82) is 0 Å². The van der Waals surface area contributed by atoms with Gasteiger partial charge in [0.2, 0.25) is 0 Å². The molecule has 0 aromatic carbocycles. The molecule has 70 heavy (non-hydrogen) atoms. The summed E-state index contributed by atoms with van der Waals surface area (Å²) in [6.07, 6.45) is 41.7. The van der Waals surface area contributed by atoms with Crippen LogP contribution in [0.2, 0.25) is 0 Å². The lowest BCUT2D eigenvalue weighted by atomic mass is 9.61. The van der Waals surface area contributed by atoms with Crippen LogP contribution in [0.4, 0.5) is 0 Å². The Balaban J connectivity index is 0.000000184. The topological polar surface area (TPSA) is 133 Å². The Morgan fingerprint density at radius 2 is 1.07 bits per heavy atom. The molecule has 7 nitrogen and oxygen atoms in total. The molecule has 13 atom stereocenters. The van der Waals surface area contributed by atoms with Gasteiger partial charge in [-0.3, -0.25) is 0 Å². The fourth-order valence-corrected chi connectivity index (χ4v) is 15.3. The molecule has 8 heteroatoms. The minimum Gasteiger partial charge on any atom is -0.393 e. The minimum absolute atomic E-state index is 0.232. The number of allylic oxidation sites excluding steroid dienone is 9. The van der Waals surface area contributed by atoms with Gasteiger partial charge in [-0.1, -0.05) is 134 Å². The van der Waals surface area contributed by atoms with Gasteiger partial charge in [0.15, 0.2) is 4.77 Å². The predicted octanol–water partition coefficient (Wildman–Crippen LogP) is 14.1. The van der Waals surface area contributed by atoms with E-state index < -0.39 is 30.0 Å². The molecule has 8 aliphatic carbocycles. The Bertz CT molecular complexity index is 2190. The van der Waals surface area contributed by atoms with E-state index in [1.54, 1.807) is 23.5 Å². The molecular weight excluding hydrogens is 885 g/mol. The molecule has 8 saturated carbocycles. The number of aromatic nitrogens is 2. The monoisotopic (exact) mass is 979 g/mol. The van der Waals surface area contributed by atoms with Gasteiger partial charge in [-0.15, -0.1) is 0 Å². The molecule has 0 radical (unpaired) electrons. The molecule has 1 aromatic rings. The maximum absolute atomic E-state index is 10.9. The molecule has 2 unspecified atom stereocenters. The molecular formula is C62H94N2O5S. The van der Waals surface area contributed by atoms with E-state index in [4.69, 9.17) is 0 Å². The zero-order chi connectivity index (χ0) is 50.6. The lowest BCUT2D eigenvalue weighted by Gasteiger charge is -2.44. The van der Waals surface area contributed by atoms with Crippen LogP contribution < -0.4 is 0 Å². The van der Waals surface area contributed by atoms with Crippen LogP contribution in [0.3, 0.4) is 0 Å². The summed E-state index contributed by atoms with van der Waals surface area (Å²) in [6, 6.07) is 0. The fourth-order valence-electron chi connectivity index (χ4n) is 15.1. The highest BCUT2D eigenvalue weighted by atomic mass is 32.1. The number of imidazole rings is 1. The van der Waals surface area contributed by atoms with Gasteiger partial charge in [0, 0.05) is 31.2 Å². The number of hydrogen-bond donors (Lipinski definition) is 7. The van der Waals surface area contributed by atoms with E-state index in [1.807, 2.05) is 0 Å². The molecule has 8 fully saturated rings. The van der Waals surface area contributed by atoms with Crippen LogP contribution in [0.1, 0.15) is 177 Å². The van der Waals surface area contributed by atoms with Gasteiger partial charge < -0.3 is 35.5 Å². The maximum Gasteiger partial charge on any atom is 0.174 e. The van der Waals surface area contributed by atoms with E-state index in [9.17, 15) is 25.5 Å². The van der Waals surface area contributed by atoms with Crippen molar-refractivity contribution in [2.75, 3.05) is 0 Å². The predicted molar refractivity (Wildman–Crippen MR) is 291 cm³/mol. The highest BCUT2D eigenvalue weighted by Crippen LogP contribution is 2.61. The minimum atomic E-state index is -0.622. The Labute approximate surface area is 428 Å². The SMILES string of the molecule is C=C1/C(=C\C=C2/CCC[C@@]3(C)C2CC[C@@H]3[C@H](C)/C=C/C2(C(C)C)CC2)C[C@@H](O)C[C@@H]1O.C=C1/C(=C\C=C2/CCC[C@@]3(C)C2CC[C@@H]3[C@H](C)/C=C/[C@@H](C)C2(O)CCCC2)C[C@@H](O)C[C@@H]1O.S=c1[nH]cc[nH]1. The number of H-pyrrole nitrogens is 2. The van der Waals surface area contributed by atoms with Gasteiger partial charge in [-0.2, -0.15) is 0 Å². The number of rotatable bonds is 10. The third-order valence-corrected chi connectivity index (χ3v) is 20.4. The molecule has 0 amide bonds. The number of fused-ring (bicyclic) bond motifs is 2. The van der Waals surface area contributed by atoms with Crippen LogP contribution in [-0.4, -0.2) is 65.5 Å². The van der Waals surface area contributed by atoms with Crippen molar-refractivity contribution >= 4 is 12.2 Å². The first-order valence-corrected chi connectivity index (χ1v) is 28.3. The van der Waals surface area contributed by atoms with Crippen LogP contribution >= 0.6 is 12.2 Å². The maximum atomic E-state index is 10.9. The van der Waals surface area contributed by atoms with Crippen LogP contribution in [0.15, 0.2) is 108 Å². The van der Waals surface area contributed by atoms with Crippen molar-refractivity contribution in [3.8, 4) is 0 Å². The average Bonchev–Trinajstić information content (AvgIpc) is 3.64. The molecule has 1 aromatic heterocycles. The molecule has 0 saturated heterocycles. The lowest BCUT2D eigenvalue weighted by Crippen LogP contribution is -2.36. The second-order valence-corrected chi connectivity index (χ2v) is 25.1. The standard InChI is InChI=1S/C30H46O3.C29H44O2.C3H4N2S/c1-20(9-10-21(2)30(33)16-5-6-17-30)26-13-14-27-23(8-7-15-29(26,27)4)11-12-24-18-25(31)19-28(32)22(24)3;1-19(2)29(15-16-29)14-12-20(3)25-10-11-26-22(7-6-13-28(25,26)5)8-9-23-17-24(30)18-27(31)21(23)4;6-3-4-1-2-5-3/h9-12,20-21,25-28,31-33H,3,5-8,13-19H2,1-2,4H3;8-9,12,14,19-20,24-27,30-31H,4,6-7,10-11,13,15-18H2,1-3,5H3;1-2H,(H2,4,5,6)/b10-9+,23-11+,24-12-;14-12+,22-8+,23-9-;/t20-,21-,25-,26-,27?,28+,29-;20-,24-,25-,26?,27+,28-;/m11./s1. The third kappa shape index (κ3) is 12.4. The molecule has 1 heterocycles. The Hall–Kier alpha value is -2.85. The average molecular weight is 980 g/mol. The number of aliphatic hydroxyl groups excluding tert-OH is 4. The summed E-state index contributed by atoms with van der Waals surface area (Å²) in [5, 5.41) is 51.4. The molecule has 0 spiro atoms. The van der Waals surface area contributed by atoms with Gasteiger partial charge in [0.05, 0.1) is 30.0 Å². The molecule has 0 aliphatic heterocycles. The normalized spacial score (nSPS) is 38.4. The van der Waals surface area contributed by atoms with Crippen molar-refractivity contribution in [3.05, 3.63) is 112 Å². The van der Waals surface area contributed by atoms with E-state index in [-0.39, 0.29) is 5.92 Å². The van der Waals surface area contributed by atoms with E-state index in [0.717, 1.165) is 66.2 Å². The molecule has 0 bridgehead atoms. The van der Waals surface area contributed by atoms with Crippen LogP contribution in [0.25, 0.3) is 0 Å². The van der Waals surface area contributed by atoms with Crippen molar-refractivity contribution in [2.45, 2.75) is 207 Å². The molecule has 9 rings (SSSR count). The van der Waals surface area contributed by atoms with Crippen molar-refractivity contribution in [3.63, 3.8) is 0 Å². The van der Waals surface area contributed by atoms with Gasteiger partial charge in [0.25, 0.3) is 0 Å².